The third kappa shape index (κ3) is 4.17. The standard InChI is InChI=1S/C16H21NO3/c18-15(13-6-8-17-9-7-13)11-14(16(19)20)10-12-4-2-1-3-5-12/h1-5,13-14,17H,6-11H2,(H,19,20)/t14-/m1/s1. The van der Waals surface area contributed by atoms with Gasteiger partial charge < -0.3 is 10.4 Å². The van der Waals surface area contributed by atoms with E-state index in [-0.39, 0.29) is 18.1 Å². The van der Waals surface area contributed by atoms with Gasteiger partial charge in [-0.1, -0.05) is 30.3 Å². The van der Waals surface area contributed by atoms with Gasteiger partial charge in [-0.25, -0.2) is 0 Å². The topological polar surface area (TPSA) is 66.4 Å². The molecule has 0 saturated carbocycles. The second-order valence-electron chi connectivity index (χ2n) is 5.42. The Morgan fingerprint density at radius 1 is 1.20 bits per heavy atom. The third-order valence-corrected chi connectivity index (χ3v) is 3.92. The summed E-state index contributed by atoms with van der Waals surface area (Å²) in [5.74, 6) is -1.35. The van der Waals surface area contributed by atoms with Crippen molar-refractivity contribution in [3.05, 3.63) is 35.9 Å². The van der Waals surface area contributed by atoms with Crippen LogP contribution in [0, 0.1) is 11.8 Å². The monoisotopic (exact) mass is 275 g/mol. The fourth-order valence-electron chi connectivity index (χ4n) is 2.70. The average Bonchev–Trinajstić information content (AvgIpc) is 2.48. The molecule has 0 bridgehead atoms. The van der Waals surface area contributed by atoms with Gasteiger partial charge in [-0.3, -0.25) is 9.59 Å². The number of aliphatic carboxylic acids is 1. The number of rotatable bonds is 6. The fraction of sp³-hybridized carbons (Fsp3) is 0.500. The third-order valence-electron chi connectivity index (χ3n) is 3.92. The zero-order valence-electron chi connectivity index (χ0n) is 11.5. The number of hydrogen-bond donors (Lipinski definition) is 2. The summed E-state index contributed by atoms with van der Waals surface area (Å²) in [6.07, 6.45) is 2.23. The first-order valence-corrected chi connectivity index (χ1v) is 7.17. The van der Waals surface area contributed by atoms with E-state index >= 15 is 0 Å². The Labute approximate surface area is 119 Å². The molecular weight excluding hydrogens is 254 g/mol. The van der Waals surface area contributed by atoms with Gasteiger partial charge in [0.2, 0.25) is 0 Å². The van der Waals surface area contributed by atoms with Crippen LogP contribution in [0.15, 0.2) is 30.3 Å². The van der Waals surface area contributed by atoms with Gasteiger partial charge in [0.15, 0.2) is 0 Å². The van der Waals surface area contributed by atoms with Crippen LogP contribution in [-0.4, -0.2) is 29.9 Å². The minimum absolute atomic E-state index is 0.0360. The summed E-state index contributed by atoms with van der Waals surface area (Å²) in [5.41, 5.74) is 0.970. The summed E-state index contributed by atoms with van der Waals surface area (Å²) in [7, 11) is 0. The van der Waals surface area contributed by atoms with Crippen LogP contribution in [0.1, 0.15) is 24.8 Å². The van der Waals surface area contributed by atoms with Crippen molar-refractivity contribution in [3.63, 3.8) is 0 Å². The lowest BCUT2D eigenvalue weighted by atomic mass is 9.86. The molecule has 4 nitrogen and oxygen atoms in total. The van der Waals surface area contributed by atoms with Crippen molar-refractivity contribution in [1.29, 1.82) is 0 Å². The van der Waals surface area contributed by atoms with Gasteiger partial charge >= 0.3 is 5.97 Å². The number of Topliss-reactive ketones (excluding diaryl/α,β-unsaturated/α-hetero) is 1. The number of benzene rings is 1. The molecule has 0 amide bonds. The molecule has 0 unspecified atom stereocenters. The number of carbonyl (C=O) groups excluding carboxylic acids is 1. The molecule has 1 aliphatic rings. The summed E-state index contributed by atoms with van der Waals surface area (Å²) in [6, 6.07) is 9.50. The predicted octanol–water partition coefficient (Wildman–Crippen LogP) is 1.89. The van der Waals surface area contributed by atoms with Crippen molar-refractivity contribution in [2.75, 3.05) is 13.1 Å². The number of nitrogens with one attached hydrogen (secondary N) is 1. The van der Waals surface area contributed by atoms with E-state index < -0.39 is 11.9 Å². The van der Waals surface area contributed by atoms with Gasteiger partial charge in [0.05, 0.1) is 5.92 Å². The number of carboxylic acid groups (broad SMARTS) is 1. The first-order valence-electron chi connectivity index (χ1n) is 7.17. The maximum absolute atomic E-state index is 12.2. The van der Waals surface area contributed by atoms with Crippen molar-refractivity contribution >= 4 is 11.8 Å². The molecule has 0 aliphatic carbocycles. The summed E-state index contributed by atoms with van der Waals surface area (Å²) in [4.78, 5) is 23.6. The highest BCUT2D eigenvalue weighted by atomic mass is 16.4. The normalized spacial score (nSPS) is 17.6. The molecule has 1 fully saturated rings. The Balaban J connectivity index is 1.95. The van der Waals surface area contributed by atoms with Crippen LogP contribution in [0.4, 0.5) is 0 Å². The van der Waals surface area contributed by atoms with Crippen LogP contribution >= 0.6 is 0 Å². The highest BCUT2D eigenvalue weighted by Crippen LogP contribution is 2.20. The fourth-order valence-corrected chi connectivity index (χ4v) is 2.70. The molecule has 108 valence electrons. The lowest BCUT2D eigenvalue weighted by molar-refractivity contribution is -0.144. The van der Waals surface area contributed by atoms with Gasteiger partial charge in [-0.15, -0.1) is 0 Å². The number of ketones is 1. The first-order chi connectivity index (χ1) is 9.66. The average molecular weight is 275 g/mol. The molecule has 1 aromatic carbocycles. The van der Waals surface area contributed by atoms with Crippen molar-refractivity contribution in [2.24, 2.45) is 11.8 Å². The molecule has 1 aliphatic heterocycles. The minimum atomic E-state index is -0.879. The number of hydrogen-bond acceptors (Lipinski definition) is 3. The van der Waals surface area contributed by atoms with E-state index in [1.165, 1.54) is 0 Å². The van der Waals surface area contributed by atoms with Gasteiger partial charge in [0.25, 0.3) is 0 Å². The molecule has 2 N–H and O–H groups in total. The minimum Gasteiger partial charge on any atom is -0.481 e. The maximum Gasteiger partial charge on any atom is 0.307 e. The lowest BCUT2D eigenvalue weighted by Crippen LogP contribution is -2.33. The van der Waals surface area contributed by atoms with Gasteiger partial charge in [0, 0.05) is 12.3 Å². The van der Waals surface area contributed by atoms with Crippen molar-refractivity contribution in [3.8, 4) is 0 Å². The van der Waals surface area contributed by atoms with E-state index in [4.69, 9.17) is 0 Å². The summed E-state index contributed by atoms with van der Waals surface area (Å²) in [6.45, 7) is 1.71. The highest BCUT2D eigenvalue weighted by molar-refractivity contribution is 5.85. The quantitative estimate of drug-likeness (QED) is 0.832. The molecule has 1 atom stereocenters. The molecule has 0 radical (unpaired) electrons. The van der Waals surface area contributed by atoms with E-state index in [0.29, 0.717) is 6.42 Å². The summed E-state index contributed by atoms with van der Waals surface area (Å²) >= 11 is 0. The Morgan fingerprint density at radius 3 is 2.45 bits per heavy atom. The zero-order chi connectivity index (χ0) is 14.4. The Morgan fingerprint density at radius 2 is 1.85 bits per heavy atom. The summed E-state index contributed by atoms with van der Waals surface area (Å²) < 4.78 is 0. The molecule has 4 heteroatoms. The second-order valence-corrected chi connectivity index (χ2v) is 5.42. The van der Waals surface area contributed by atoms with Crippen LogP contribution in [0.25, 0.3) is 0 Å². The maximum atomic E-state index is 12.2. The van der Waals surface area contributed by atoms with Gasteiger partial charge in [0.1, 0.15) is 5.78 Å². The van der Waals surface area contributed by atoms with Gasteiger partial charge in [-0.05, 0) is 37.9 Å². The molecule has 1 aromatic rings. The van der Waals surface area contributed by atoms with Crippen LogP contribution in [0.5, 0.6) is 0 Å². The van der Waals surface area contributed by atoms with Gasteiger partial charge in [-0.2, -0.15) is 0 Å². The number of carboxylic acids is 1. The molecule has 1 heterocycles. The SMILES string of the molecule is O=C(C[C@@H](Cc1ccccc1)C(=O)O)C1CCNCC1. The van der Waals surface area contributed by atoms with E-state index in [2.05, 4.69) is 5.32 Å². The molecule has 1 saturated heterocycles. The number of carbonyl (C=O) groups is 2. The molecule has 0 aromatic heterocycles. The van der Waals surface area contributed by atoms with Crippen LogP contribution in [-0.2, 0) is 16.0 Å². The Bertz CT molecular complexity index is 452. The highest BCUT2D eigenvalue weighted by Gasteiger charge is 2.27. The van der Waals surface area contributed by atoms with E-state index in [1.807, 2.05) is 30.3 Å². The summed E-state index contributed by atoms with van der Waals surface area (Å²) in [5, 5.41) is 12.5. The number of piperidine rings is 1. The van der Waals surface area contributed by atoms with Crippen LogP contribution in [0.2, 0.25) is 0 Å². The molecule has 2 rings (SSSR count). The largest absolute Gasteiger partial charge is 0.481 e. The molecule has 20 heavy (non-hydrogen) atoms. The van der Waals surface area contributed by atoms with Crippen LogP contribution in [0.3, 0.4) is 0 Å². The zero-order valence-corrected chi connectivity index (χ0v) is 11.5. The first kappa shape index (κ1) is 14.7. The van der Waals surface area contributed by atoms with Crippen LogP contribution < -0.4 is 5.32 Å². The second kappa shape index (κ2) is 7.20. The van der Waals surface area contributed by atoms with Crippen molar-refractivity contribution in [1.82, 2.24) is 5.32 Å². The Kier molecular flexibility index (Phi) is 5.30. The van der Waals surface area contributed by atoms with Crippen molar-refractivity contribution in [2.45, 2.75) is 25.7 Å². The lowest BCUT2D eigenvalue weighted by Gasteiger charge is -2.22. The van der Waals surface area contributed by atoms with E-state index in [1.54, 1.807) is 0 Å². The Hall–Kier alpha value is -1.68. The smallest absolute Gasteiger partial charge is 0.307 e. The molecular formula is C16H21NO3. The van der Waals surface area contributed by atoms with E-state index in [9.17, 15) is 14.7 Å². The predicted molar refractivity (Wildman–Crippen MR) is 76.5 cm³/mol. The molecule has 0 spiro atoms. The van der Waals surface area contributed by atoms with E-state index in [0.717, 1.165) is 31.5 Å². The van der Waals surface area contributed by atoms with Crippen molar-refractivity contribution < 1.29 is 14.7 Å².